The van der Waals surface area contributed by atoms with Crippen LogP contribution in [0.1, 0.15) is 52.9 Å². The Kier molecular flexibility index (Phi) is 11.0. The van der Waals surface area contributed by atoms with Gasteiger partial charge in [0.25, 0.3) is 5.91 Å². The fourth-order valence-electron chi connectivity index (χ4n) is 7.70. The van der Waals surface area contributed by atoms with Crippen LogP contribution in [0.5, 0.6) is 11.5 Å². The summed E-state index contributed by atoms with van der Waals surface area (Å²) in [5, 5.41) is 2.87. The van der Waals surface area contributed by atoms with Crippen molar-refractivity contribution in [3.8, 4) is 22.9 Å². The molecule has 3 aromatic rings. The number of carbonyl (C=O) groups is 4. The summed E-state index contributed by atoms with van der Waals surface area (Å²) in [6.07, 6.45) is 3.50. The molecule has 4 amide bonds. The Morgan fingerprint density at radius 3 is 2.47 bits per heavy atom. The molecule has 2 saturated heterocycles. The van der Waals surface area contributed by atoms with Gasteiger partial charge < -0.3 is 29.3 Å². The quantitative estimate of drug-likeness (QED) is 0.242. The van der Waals surface area contributed by atoms with E-state index in [2.05, 4.69) is 21.6 Å². The molecule has 4 fully saturated rings. The van der Waals surface area contributed by atoms with Gasteiger partial charge in [-0.1, -0.05) is 32.9 Å². The molecule has 4 heterocycles. The average molecular weight is 803 g/mol. The maximum absolute atomic E-state index is 14.8. The zero-order valence-electron chi connectivity index (χ0n) is 32.7. The Bertz CT molecular complexity index is 2170. The summed E-state index contributed by atoms with van der Waals surface area (Å²) in [5.41, 5.74) is -0.499. The maximum atomic E-state index is 14.8. The minimum atomic E-state index is -3.91. The molecule has 1 unspecified atom stereocenters. The number of morpholine rings is 1. The topological polar surface area (TPSA) is 186 Å². The van der Waals surface area contributed by atoms with Crippen molar-refractivity contribution in [2.75, 3.05) is 40.0 Å². The lowest BCUT2D eigenvalue weighted by Crippen LogP contribution is -2.57. The molecule has 4 aliphatic rings. The van der Waals surface area contributed by atoms with Crippen LogP contribution in [-0.4, -0.2) is 115 Å². The predicted octanol–water partition coefficient (Wildman–Crippen LogP) is 3.23. The Morgan fingerprint density at radius 1 is 1.09 bits per heavy atom. The van der Waals surface area contributed by atoms with Crippen molar-refractivity contribution < 1.29 is 41.8 Å². The van der Waals surface area contributed by atoms with Gasteiger partial charge in [-0.05, 0) is 48.9 Å². The number of methoxy groups -OCH3 is 1. The van der Waals surface area contributed by atoms with Crippen LogP contribution in [0.4, 0.5) is 0 Å². The van der Waals surface area contributed by atoms with Gasteiger partial charge in [0, 0.05) is 55.6 Å². The number of fused-ring (bicyclic) bond motifs is 1. The third-order valence-electron chi connectivity index (χ3n) is 11.4. The smallest absolute Gasteiger partial charge is 0.259 e. The van der Waals surface area contributed by atoms with E-state index >= 15 is 0 Å². The van der Waals surface area contributed by atoms with Crippen molar-refractivity contribution in [2.24, 2.45) is 17.3 Å². The molecule has 2 aromatic heterocycles. The molecule has 2 aliphatic heterocycles. The molecule has 0 spiro atoms. The summed E-state index contributed by atoms with van der Waals surface area (Å²) < 4.78 is 45.4. The first-order chi connectivity index (χ1) is 27.1. The normalized spacial score (nSPS) is 24.0. The average Bonchev–Trinajstić information content (AvgIpc) is 4.13. The van der Waals surface area contributed by atoms with E-state index in [1.807, 2.05) is 39.0 Å². The van der Waals surface area contributed by atoms with Crippen LogP contribution >= 0.6 is 0 Å². The summed E-state index contributed by atoms with van der Waals surface area (Å²) in [4.78, 5) is 69.0. The van der Waals surface area contributed by atoms with Crippen molar-refractivity contribution in [1.29, 1.82) is 0 Å². The van der Waals surface area contributed by atoms with E-state index in [0.29, 0.717) is 72.9 Å². The van der Waals surface area contributed by atoms with Crippen LogP contribution in [0.25, 0.3) is 22.3 Å². The SMILES string of the molecule is C=C[C@@H]1C[C@]1(NC(=O)[C@@H]1C[C@@H](Oc2cc(-c3ccccn3)nc3cc(OC)ccc23)CN1C(=O)C(CC(=O)N1CCOCC1)C(C)(C)C)C(=O)NS(=O)(=O)C1CC1. The summed E-state index contributed by atoms with van der Waals surface area (Å²) >= 11 is 0. The number of carbonyl (C=O) groups excluding carboxylic acids is 4. The van der Waals surface area contributed by atoms with Crippen LogP contribution in [0.3, 0.4) is 0 Å². The van der Waals surface area contributed by atoms with Crippen molar-refractivity contribution in [2.45, 2.75) is 75.8 Å². The fraction of sp³-hybridized carbons (Fsp3) is 0.512. The third kappa shape index (κ3) is 8.47. The number of benzene rings is 1. The van der Waals surface area contributed by atoms with E-state index in [1.165, 1.54) is 11.0 Å². The number of hydrogen-bond acceptors (Lipinski definition) is 11. The second kappa shape index (κ2) is 15.7. The molecule has 1 aromatic carbocycles. The molecular formula is C41H50N6O9S. The second-order valence-corrected chi connectivity index (χ2v) is 18.3. The summed E-state index contributed by atoms with van der Waals surface area (Å²) in [5.74, 6) is -2.34. The maximum Gasteiger partial charge on any atom is 0.259 e. The van der Waals surface area contributed by atoms with Gasteiger partial charge in [0.2, 0.25) is 27.7 Å². The number of sulfonamides is 1. The van der Waals surface area contributed by atoms with Gasteiger partial charge in [0.1, 0.15) is 29.2 Å². The number of amides is 4. The third-order valence-corrected chi connectivity index (χ3v) is 13.2. The highest BCUT2D eigenvalue weighted by molar-refractivity contribution is 7.91. The molecule has 0 radical (unpaired) electrons. The number of likely N-dealkylation sites (tertiary alicyclic amines) is 1. The monoisotopic (exact) mass is 802 g/mol. The van der Waals surface area contributed by atoms with Crippen molar-refractivity contribution in [1.82, 2.24) is 29.8 Å². The molecule has 304 valence electrons. The van der Waals surface area contributed by atoms with Gasteiger partial charge >= 0.3 is 0 Å². The Balaban J connectivity index is 1.21. The summed E-state index contributed by atoms with van der Waals surface area (Å²) in [6.45, 7) is 11.1. The van der Waals surface area contributed by atoms with Gasteiger partial charge in [0.15, 0.2) is 0 Å². The standard InChI is InChI=1S/C41H50N6O9S/c1-6-25-23-41(25,39(51)45-57(52,53)28-11-12-28)44-37(49)34-20-27(24-47(34)38(50)30(40(2,3)4)21-36(48)46-15-17-55-18-16-46)56-35-22-33(31-9-7-8-14-42-31)43-32-19-26(54-5)10-13-29(32)35/h6-10,13-14,19,22,25,27-28,30,34H,1,11-12,15-18,20-21,23-24H2,2-5H3,(H,44,49)(H,45,51)/t25-,27-,30?,34+,41-/m1/s1. The Morgan fingerprint density at radius 2 is 1.84 bits per heavy atom. The van der Waals surface area contributed by atoms with E-state index in [1.54, 1.807) is 42.5 Å². The molecule has 15 nitrogen and oxygen atoms in total. The largest absolute Gasteiger partial charge is 0.497 e. The Hall–Kier alpha value is -5.09. The van der Waals surface area contributed by atoms with Crippen LogP contribution in [0, 0.1) is 17.3 Å². The molecule has 2 N–H and O–H groups in total. The summed E-state index contributed by atoms with van der Waals surface area (Å²) in [7, 11) is -2.35. The summed E-state index contributed by atoms with van der Waals surface area (Å²) in [6, 6.07) is 11.5. The van der Waals surface area contributed by atoms with Crippen molar-refractivity contribution >= 4 is 44.6 Å². The molecule has 2 aliphatic carbocycles. The number of hydrogen-bond donors (Lipinski definition) is 2. The minimum absolute atomic E-state index is 0.00568. The minimum Gasteiger partial charge on any atom is -0.497 e. The lowest BCUT2D eigenvalue weighted by atomic mass is 9.77. The molecule has 57 heavy (non-hydrogen) atoms. The number of nitrogens with zero attached hydrogens (tertiary/aromatic N) is 4. The lowest BCUT2D eigenvalue weighted by Gasteiger charge is -2.36. The molecule has 5 atom stereocenters. The zero-order chi connectivity index (χ0) is 40.7. The fourth-order valence-corrected chi connectivity index (χ4v) is 9.06. The van der Waals surface area contributed by atoms with E-state index in [-0.39, 0.29) is 31.7 Å². The second-order valence-electron chi connectivity index (χ2n) is 16.4. The highest BCUT2D eigenvalue weighted by Gasteiger charge is 2.62. The number of ether oxygens (including phenoxy) is 3. The van der Waals surface area contributed by atoms with Crippen molar-refractivity contribution in [3.63, 3.8) is 0 Å². The van der Waals surface area contributed by atoms with E-state index in [4.69, 9.17) is 19.2 Å². The molecule has 16 heteroatoms. The number of pyridine rings is 2. The highest BCUT2D eigenvalue weighted by Crippen LogP contribution is 2.46. The van der Waals surface area contributed by atoms with Gasteiger partial charge in [-0.25, -0.2) is 13.4 Å². The highest BCUT2D eigenvalue weighted by atomic mass is 32.2. The molecule has 7 rings (SSSR count). The van der Waals surface area contributed by atoms with Crippen LogP contribution in [-0.2, 0) is 33.9 Å². The van der Waals surface area contributed by atoms with Gasteiger partial charge in [-0.2, -0.15) is 0 Å². The first kappa shape index (κ1) is 40.1. The number of aromatic nitrogens is 2. The van der Waals surface area contributed by atoms with Gasteiger partial charge in [0.05, 0.1) is 54.9 Å². The van der Waals surface area contributed by atoms with E-state index in [0.717, 1.165) is 0 Å². The van der Waals surface area contributed by atoms with Crippen LogP contribution < -0.4 is 19.5 Å². The molecule has 0 bridgehead atoms. The van der Waals surface area contributed by atoms with E-state index in [9.17, 15) is 27.6 Å². The van der Waals surface area contributed by atoms with Crippen molar-refractivity contribution in [3.05, 3.63) is 61.3 Å². The van der Waals surface area contributed by atoms with Crippen LogP contribution in [0.2, 0.25) is 0 Å². The zero-order valence-corrected chi connectivity index (χ0v) is 33.5. The van der Waals surface area contributed by atoms with E-state index < -0.39 is 67.9 Å². The molecular weight excluding hydrogens is 753 g/mol. The first-order valence-electron chi connectivity index (χ1n) is 19.4. The predicted molar refractivity (Wildman–Crippen MR) is 210 cm³/mol. The molecule has 2 saturated carbocycles. The van der Waals surface area contributed by atoms with Gasteiger partial charge in [-0.15, -0.1) is 6.58 Å². The Labute approximate surface area is 332 Å². The van der Waals surface area contributed by atoms with Gasteiger partial charge in [-0.3, -0.25) is 28.9 Å². The lowest BCUT2D eigenvalue weighted by molar-refractivity contribution is -0.149. The van der Waals surface area contributed by atoms with Crippen LogP contribution in [0.15, 0.2) is 61.3 Å². The number of nitrogens with one attached hydrogen (secondary N) is 2. The number of rotatable bonds is 13. The first-order valence-corrected chi connectivity index (χ1v) is 20.9.